The van der Waals surface area contributed by atoms with Crippen LogP contribution in [0, 0.1) is 0 Å². The zero-order chi connectivity index (χ0) is 12.0. The van der Waals surface area contributed by atoms with Crippen LogP contribution in [0.2, 0.25) is 5.15 Å². The van der Waals surface area contributed by atoms with Crippen molar-refractivity contribution in [1.29, 1.82) is 0 Å². The molecule has 0 N–H and O–H groups in total. The van der Waals surface area contributed by atoms with E-state index >= 15 is 0 Å². The van der Waals surface area contributed by atoms with Gasteiger partial charge in [0.2, 0.25) is 0 Å². The van der Waals surface area contributed by atoms with Crippen molar-refractivity contribution in [3.8, 4) is 0 Å². The third-order valence-corrected chi connectivity index (χ3v) is 2.02. The molecule has 0 radical (unpaired) electrons. The van der Waals surface area contributed by atoms with Gasteiger partial charge in [-0.3, -0.25) is 0 Å². The number of halogens is 1. The molecule has 4 nitrogen and oxygen atoms in total. The second-order valence-corrected chi connectivity index (χ2v) is 3.23. The highest BCUT2D eigenvalue weighted by Gasteiger charge is 2.11. The number of pyridine rings is 1. The molecule has 0 fully saturated rings. The number of hydrogen-bond acceptors (Lipinski definition) is 4. The smallest absolute Gasteiger partial charge is 0.338 e. The van der Waals surface area contributed by atoms with Crippen LogP contribution < -0.4 is 0 Å². The van der Waals surface area contributed by atoms with E-state index < -0.39 is 5.97 Å². The lowest BCUT2D eigenvalue weighted by Gasteiger charge is -2.03. The molecule has 16 heavy (non-hydrogen) atoms. The molecule has 0 unspecified atom stereocenters. The Morgan fingerprint density at radius 2 is 2.38 bits per heavy atom. The molecule has 1 rings (SSSR count). The van der Waals surface area contributed by atoms with Gasteiger partial charge in [0.05, 0.1) is 25.5 Å². The first-order valence-electron chi connectivity index (χ1n) is 4.71. The summed E-state index contributed by atoms with van der Waals surface area (Å²) in [6, 6.07) is 1.46. The Balaban J connectivity index is 3.02. The van der Waals surface area contributed by atoms with E-state index in [0.29, 0.717) is 17.7 Å². The minimum atomic E-state index is -0.458. The average Bonchev–Trinajstić information content (AvgIpc) is 2.30. The summed E-state index contributed by atoms with van der Waals surface area (Å²) in [4.78, 5) is 15.3. The predicted octanol–water partition coefficient (Wildman–Crippen LogP) is 2.53. The lowest BCUT2D eigenvalue weighted by Crippen LogP contribution is -2.04. The van der Waals surface area contributed by atoms with Crippen LogP contribution in [0.3, 0.4) is 0 Å². The molecule has 0 aromatic carbocycles. The first kappa shape index (κ1) is 12.5. The Hall–Kier alpha value is -1.55. The molecule has 1 heterocycles. The molecular weight excluding hydrogens is 230 g/mol. The van der Waals surface area contributed by atoms with Crippen LogP contribution in [0.5, 0.6) is 0 Å². The van der Waals surface area contributed by atoms with E-state index in [9.17, 15) is 4.79 Å². The molecule has 0 aliphatic heterocycles. The number of carbonyl (C=O) groups is 1. The SMILES string of the molecule is CCOC=Cc1cnc(Cl)cc1C(=O)OC. The van der Waals surface area contributed by atoms with E-state index in [2.05, 4.69) is 9.72 Å². The zero-order valence-corrected chi connectivity index (χ0v) is 9.82. The minimum absolute atomic E-state index is 0.244. The summed E-state index contributed by atoms with van der Waals surface area (Å²) in [6.45, 7) is 2.43. The molecule has 0 aliphatic carbocycles. The molecule has 0 saturated carbocycles. The van der Waals surface area contributed by atoms with Crippen molar-refractivity contribution in [2.45, 2.75) is 6.92 Å². The van der Waals surface area contributed by atoms with Gasteiger partial charge in [-0.2, -0.15) is 0 Å². The van der Waals surface area contributed by atoms with Crippen LogP contribution in [0.4, 0.5) is 0 Å². The van der Waals surface area contributed by atoms with Gasteiger partial charge >= 0.3 is 5.97 Å². The van der Waals surface area contributed by atoms with Gasteiger partial charge in [-0.25, -0.2) is 9.78 Å². The maximum absolute atomic E-state index is 11.4. The van der Waals surface area contributed by atoms with Gasteiger partial charge in [-0.15, -0.1) is 0 Å². The van der Waals surface area contributed by atoms with E-state index in [1.807, 2.05) is 6.92 Å². The Labute approximate surface area is 98.8 Å². The monoisotopic (exact) mass is 241 g/mol. The van der Waals surface area contributed by atoms with Gasteiger partial charge in [-0.1, -0.05) is 11.6 Å². The first-order chi connectivity index (χ1) is 7.69. The number of nitrogens with zero attached hydrogens (tertiary/aromatic N) is 1. The molecule has 0 spiro atoms. The van der Waals surface area contributed by atoms with Crippen LogP contribution >= 0.6 is 11.6 Å². The number of carbonyl (C=O) groups excluding carboxylic acids is 1. The van der Waals surface area contributed by atoms with E-state index in [-0.39, 0.29) is 5.15 Å². The fraction of sp³-hybridized carbons (Fsp3) is 0.273. The number of esters is 1. The Kier molecular flexibility index (Phi) is 4.79. The fourth-order valence-corrected chi connectivity index (χ4v) is 1.24. The summed E-state index contributed by atoms with van der Waals surface area (Å²) in [5, 5.41) is 0.244. The van der Waals surface area contributed by atoms with Gasteiger partial charge < -0.3 is 9.47 Å². The van der Waals surface area contributed by atoms with Crippen LogP contribution in [-0.2, 0) is 9.47 Å². The lowest BCUT2D eigenvalue weighted by atomic mass is 10.1. The van der Waals surface area contributed by atoms with E-state index in [1.165, 1.54) is 25.6 Å². The maximum atomic E-state index is 11.4. The van der Waals surface area contributed by atoms with Crippen molar-refractivity contribution in [1.82, 2.24) is 4.98 Å². The maximum Gasteiger partial charge on any atom is 0.338 e. The Bertz CT molecular complexity index is 404. The summed E-state index contributed by atoms with van der Waals surface area (Å²) in [6.07, 6.45) is 4.63. The average molecular weight is 242 g/mol. The number of methoxy groups -OCH3 is 1. The fourth-order valence-electron chi connectivity index (χ4n) is 1.08. The van der Waals surface area contributed by atoms with Crippen molar-refractivity contribution in [3.05, 3.63) is 34.8 Å². The van der Waals surface area contributed by atoms with Crippen molar-refractivity contribution < 1.29 is 14.3 Å². The van der Waals surface area contributed by atoms with Gasteiger partial charge in [0.1, 0.15) is 5.15 Å². The molecule has 5 heteroatoms. The topological polar surface area (TPSA) is 48.4 Å². The highest BCUT2D eigenvalue weighted by atomic mass is 35.5. The number of ether oxygens (including phenoxy) is 2. The normalized spacial score (nSPS) is 10.4. The minimum Gasteiger partial charge on any atom is -0.501 e. The molecule has 0 atom stereocenters. The molecular formula is C11H12ClNO3. The van der Waals surface area contributed by atoms with Crippen molar-refractivity contribution in [2.75, 3.05) is 13.7 Å². The zero-order valence-electron chi connectivity index (χ0n) is 9.07. The highest BCUT2D eigenvalue weighted by Crippen LogP contribution is 2.15. The Morgan fingerprint density at radius 3 is 3.00 bits per heavy atom. The molecule has 0 amide bonds. The summed E-state index contributed by atoms with van der Waals surface area (Å²) >= 11 is 5.70. The van der Waals surface area contributed by atoms with Gasteiger partial charge in [0.15, 0.2) is 0 Å². The van der Waals surface area contributed by atoms with Crippen molar-refractivity contribution >= 4 is 23.6 Å². The van der Waals surface area contributed by atoms with Crippen LogP contribution in [0.25, 0.3) is 6.08 Å². The third kappa shape index (κ3) is 3.24. The van der Waals surface area contributed by atoms with Gasteiger partial charge in [-0.05, 0) is 19.1 Å². The van der Waals surface area contributed by atoms with Crippen LogP contribution in [0.15, 0.2) is 18.5 Å². The largest absolute Gasteiger partial charge is 0.501 e. The molecule has 1 aromatic rings. The third-order valence-electron chi connectivity index (χ3n) is 1.82. The van der Waals surface area contributed by atoms with E-state index in [4.69, 9.17) is 16.3 Å². The number of aromatic nitrogens is 1. The number of rotatable bonds is 4. The predicted molar refractivity (Wildman–Crippen MR) is 61.2 cm³/mol. The van der Waals surface area contributed by atoms with Gasteiger partial charge in [0.25, 0.3) is 0 Å². The van der Waals surface area contributed by atoms with Gasteiger partial charge in [0, 0.05) is 11.8 Å². The summed E-state index contributed by atoms with van der Waals surface area (Å²) in [5.41, 5.74) is 0.961. The second kappa shape index (κ2) is 6.12. The first-order valence-corrected chi connectivity index (χ1v) is 5.08. The van der Waals surface area contributed by atoms with E-state index in [1.54, 1.807) is 6.08 Å². The summed E-state index contributed by atoms with van der Waals surface area (Å²) in [5.74, 6) is -0.458. The highest BCUT2D eigenvalue weighted by molar-refractivity contribution is 6.29. The molecule has 0 saturated heterocycles. The standard InChI is InChI=1S/C11H12ClNO3/c1-3-16-5-4-8-7-13-10(12)6-9(8)11(14)15-2/h4-7H,3H2,1-2H3. The molecule has 0 aliphatic rings. The van der Waals surface area contributed by atoms with Crippen molar-refractivity contribution in [2.24, 2.45) is 0 Å². The summed E-state index contributed by atoms with van der Waals surface area (Å²) < 4.78 is 9.68. The van der Waals surface area contributed by atoms with E-state index in [0.717, 1.165) is 0 Å². The number of hydrogen-bond donors (Lipinski definition) is 0. The van der Waals surface area contributed by atoms with Crippen LogP contribution in [0.1, 0.15) is 22.8 Å². The Morgan fingerprint density at radius 1 is 1.62 bits per heavy atom. The molecule has 0 bridgehead atoms. The quantitative estimate of drug-likeness (QED) is 0.462. The second-order valence-electron chi connectivity index (χ2n) is 2.84. The van der Waals surface area contributed by atoms with Crippen LogP contribution in [-0.4, -0.2) is 24.7 Å². The molecule has 86 valence electrons. The van der Waals surface area contributed by atoms with Crippen molar-refractivity contribution in [3.63, 3.8) is 0 Å². The molecule has 1 aromatic heterocycles. The lowest BCUT2D eigenvalue weighted by molar-refractivity contribution is 0.0600. The summed E-state index contributed by atoms with van der Waals surface area (Å²) in [7, 11) is 1.31.